The molecule has 0 bridgehead atoms. The lowest BCUT2D eigenvalue weighted by Crippen LogP contribution is -2.26. The molecule has 0 atom stereocenters. The van der Waals surface area contributed by atoms with Crippen LogP contribution in [0.1, 0.15) is 16.7 Å². The van der Waals surface area contributed by atoms with Gasteiger partial charge in [-0.05, 0) is 36.3 Å². The van der Waals surface area contributed by atoms with Gasteiger partial charge in [-0.1, -0.05) is 29.8 Å². The Morgan fingerprint density at radius 3 is 2.51 bits per heavy atom. The Kier molecular flexibility index (Phi) is 7.87. The fraction of sp³-hybridized carbons (Fsp3) is 0.259. The fourth-order valence-electron chi connectivity index (χ4n) is 3.99. The third kappa shape index (κ3) is 5.80. The Morgan fingerprint density at radius 2 is 1.84 bits per heavy atom. The highest BCUT2D eigenvalue weighted by Crippen LogP contribution is 2.38. The second kappa shape index (κ2) is 11.4. The molecule has 2 aromatic carbocycles. The number of rotatable bonds is 10. The van der Waals surface area contributed by atoms with Crippen molar-refractivity contribution in [2.75, 3.05) is 27.9 Å². The van der Waals surface area contributed by atoms with E-state index in [1.807, 2.05) is 31.2 Å². The largest absolute Gasteiger partial charge is 0.493 e. The van der Waals surface area contributed by atoms with E-state index in [4.69, 9.17) is 14.2 Å². The number of ether oxygens (including phenoxy) is 3. The van der Waals surface area contributed by atoms with Crippen molar-refractivity contribution in [3.63, 3.8) is 0 Å². The minimum atomic E-state index is -0.279. The highest BCUT2D eigenvalue weighted by molar-refractivity contribution is 5.91. The predicted octanol–water partition coefficient (Wildman–Crippen LogP) is 2.81. The number of fused-ring (bicyclic) bond motifs is 1. The van der Waals surface area contributed by atoms with Crippen LogP contribution in [0.15, 0.2) is 59.8 Å². The van der Waals surface area contributed by atoms with Crippen LogP contribution in [0.25, 0.3) is 17.1 Å². The van der Waals surface area contributed by atoms with Crippen molar-refractivity contribution in [3.8, 4) is 17.2 Å². The van der Waals surface area contributed by atoms with Crippen molar-refractivity contribution >= 4 is 23.0 Å². The molecule has 0 saturated heterocycles. The van der Waals surface area contributed by atoms with E-state index < -0.39 is 0 Å². The fourth-order valence-corrected chi connectivity index (χ4v) is 3.99. The second-order valence-electron chi connectivity index (χ2n) is 8.35. The molecule has 0 aliphatic rings. The van der Waals surface area contributed by atoms with Crippen LogP contribution >= 0.6 is 0 Å². The number of carbonyl (C=O) groups is 1. The molecule has 0 spiro atoms. The standard InChI is InChI=1S/C27H29N5O5/c1-18-6-5-7-20(12-18)16-31-17-29-26-21(27(31)34)15-30-32(26)11-10-28-24(33)9-8-19-13-22(35-2)25(37-4)23(14-19)36-3/h5-9,12-15,17H,10-11,16H2,1-4H3,(H,28,33)/b9-8-. The number of hydrogen-bond donors (Lipinski definition) is 1. The van der Waals surface area contributed by atoms with E-state index in [0.717, 1.165) is 11.1 Å². The summed E-state index contributed by atoms with van der Waals surface area (Å²) in [4.78, 5) is 29.7. The van der Waals surface area contributed by atoms with Crippen LogP contribution in [-0.2, 0) is 17.9 Å². The van der Waals surface area contributed by atoms with Crippen LogP contribution < -0.4 is 25.1 Å². The Hall–Kier alpha value is -4.60. The summed E-state index contributed by atoms with van der Waals surface area (Å²) in [6.07, 6.45) is 6.12. The zero-order valence-electron chi connectivity index (χ0n) is 21.2. The van der Waals surface area contributed by atoms with Gasteiger partial charge in [0.15, 0.2) is 17.1 Å². The molecule has 1 N–H and O–H groups in total. The van der Waals surface area contributed by atoms with Gasteiger partial charge < -0.3 is 19.5 Å². The summed E-state index contributed by atoms with van der Waals surface area (Å²) >= 11 is 0. The van der Waals surface area contributed by atoms with Gasteiger partial charge in [-0.3, -0.25) is 14.2 Å². The molecule has 37 heavy (non-hydrogen) atoms. The van der Waals surface area contributed by atoms with Gasteiger partial charge in [-0.2, -0.15) is 5.10 Å². The van der Waals surface area contributed by atoms with Gasteiger partial charge >= 0.3 is 0 Å². The van der Waals surface area contributed by atoms with Gasteiger partial charge in [0.05, 0.1) is 40.6 Å². The van der Waals surface area contributed by atoms with Crippen molar-refractivity contribution in [1.29, 1.82) is 0 Å². The molecule has 2 aromatic heterocycles. The molecule has 10 heteroatoms. The van der Waals surface area contributed by atoms with Crippen LogP contribution in [0.5, 0.6) is 17.2 Å². The zero-order chi connectivity index (χ0) is 26.4. The van der Waals surface area contributed by atoms with Crippen molar-refractivity contribution in [3.05, 3.63) is 82.0 Å². The topological polar surface area (TPSA) is 110 Å². The predicted molar refractivity (Wildman–Crippen MR) is 140 cm³/mol. The van der Waals surface area contributed by atoms with Gasteiger partial charge in [-0.15, -0.1) is 0 Å². The first kappa shape index (κ1) is 25.5. The summed E-state index contributed by atoms with van der Waals surface area (Å²) < 4.78 is 19.2. The Balaban J connectivity index is 1.39. The Bertz CT molecular complexity index is 1480. The minimum absolute atomic E-state index is 0.157. The van der Waals surface area contributed by atoms with Gasteiger partial charge in [0.25, 0.3) is 5.56 Å². The molecule has 1 amide bonds. The summed E-state index contributed by atoms with van der Waals surface area (Å²) in [6.45, 7) is 3.12. The number of benzene rings is 2. The van der Waals surface area contributed by atoms with E-state index in [0.29, 0.717) is 53.5 Å². The van der Waals surface area contributed by atoms with Crippen LogP contribution in [0.2, 0.25) is 0 Å². The quantitative estimate of drug-likeness (QED) is 0.332. The minimum Gasteiger partial charge on any atom is -0.493 e. The first-order valence-corrected chi connectivity index (χ1v) is 11.7. The SMILES string of the molecule is COc1cc(/C=C\C(=O)NCCn2ncc3c(=O)n(Cc4cccc(C)c4)cnc32)cc(OC)c1OC. The molecule has 10 nitrogen and oxygen atoms in total. The van der Waals surface area contributed by atoms with Crippen LogP contribution in [0, 0.1) is 6.92 Å². The molecular formula is C27H29N5O5. The lowest BCUT2D eigenvalue weighted by atomic mass is 10.1. The van der Waals surface area contributed by atoms with Gasteiger partial charge in [0, 0.05) is 12.6 Å². The maximum atomic E-state index is 12.9. The number of amides is 1. The molecule has 0 unspecified atom stereocenters. The normalized spacial score (nSPS) is 11.1. The molecule has 4 aromatic rings. The number of methoxy groups -OCH3 is 3. The Labute approximate surface area is 214 Å². The molecule has 2 heterocycles. The third-order valence-electron chi connectivity index (χ3n) is 5.79. The molecule has 192 valence electrons. The van der Waals surface area contributed by atoms with E-state index >= 15 is 0 Å². The van der Waals surface area contributed by atoms with Crippen molar-refractivity contribution < 1.29 is 19.0 Å². The molecule has 0 radical (unpaired) electrons. The van der Waals surface area contributed by atoms with Gasteiger partial charge in [0.1, 0.15) is 11.7 Å². The summed E-state index contributed by atoms with van der Waals surface area (Å²) in [5.41, 5.74) is 3.20. The third-order valence-corrected chi connectivity index (χ3v) is 5.79. The maximum absolute atomic E-state index is 12.9. The monoisotopic (exact) mass is 503 g/mol. The smallest absolute Gasteiger partial charge is 0.264 e. The number of aryl methyl sites for hydroxylation is 1. The first-order valence-electron chi connectivity index (χ1n) is 11.7. The second-order valence-corrected chi connectivity index (χ2v) is 8.35. The molecule has 0 aliphatic carbocycles. The molecule has 0 saturated carbocycles. The van der Waals surface area contributed by atoms with Gasteiger partial charge in [-0.25, -0.2) is 9.67 Å². The van der Waals surface area contributed by atoms with Crippen molar-refractivity contribution in [2.24, 2.45) is 0 Å². The van der Waals surface area contributed by atoms with E-state index in [1.54, 1.807) is 27.5 Å². The average Bonchev–Trinajstić information content (AvgIpc) is 3.32. The summed E-state index contributed by atoms with van der Waals surface area (Å²) in [5.74, 6) is 1.20. The lowest BCUT2D eigenvalue weighted by molar-refractivity contribution is -0.116. The Morgan fingerprint density at radius 1 is 1.08 bits per heavy atom. The first-order chi connectivity index (χ1) is 17.9. The number of nitrogens with one attached hydrogen (secondary N) is 1. The van der Waals surface area contributed by atoms with E-state index in [1.165, 1.54) is 39.9 Å². The summed E-state index contributed by atoms with van der Waals surface area (Å²) in [5, 5.41) is 7.54. The molecular weight excluding hydrogens is 474 g/mol. The lowest BCUT2D eigenvalue weighted by Gasteiger charge is -2.12. The molecule has 4 rings (SSSR count). The van der Waals surface area contributed by atoms with Crippen molar-refractivity contribution in [1.82, 2.24) is 24.6 Å². The van der Waals surface area contributed by atoms with Crippen molar-refractivity contribution in [2.45, 2.75) is 20.0 Å². The molecule has 0 fully saturated rings. The van der Waals surface area contributed by atoms with Crippen LogP contribution in [0.4, 0.5) is 0 Å². The average molecular weight is 504 g/mol. The number of aromatic nitrogens is 4. The number of hydrogen-bond acceptors (Lipinski definition) is 7. The number of carbonyl (C=O) groups excluding carboxylic acids is 1. The van der Waals surface area contributed by atoms with E-state index in [2.05, 4.69) is 15.4 Å². The molecule has 0 aliphatic heterocycles. The summed E-state index contributed by atoms with van der Waals surface area (Å²) in [7, 11) is 4.60. The highest BCUT2D eigenvalue weighted by atomic mass is 16.5. The zero-order valence-corrected chi connectivity index (χ0v) is 21.2. The van der Waals surface area contributed by atoms with Crippen LogP contribution in [-0.4, -0.2) is 53.1 Å². The number of nitrogens with zero attached hydrogens (tertiary/aromatic N) is 4. The summed E-state index contributed by atoms with van der Waals surface area (Å²) in [6, 6.07) is 11.5. The van der Waals surface area contributed by atoms with Gasteiger partial charge in [0.2, 0.25) is 11.7 Å². The highest BCUT2D eigenvalue weighted by Gasteiger charge is 2.13. The van der Waals surface area contributed by atoms with E-state index in [9.17, 15) is 9.59 Å². The maximum Gasteiger partial charge on any atom is 0.264 e. The van der Waals surface area contributed by atoms with E-state index in [-0.39, 0.29) is 11.5 Å². The van der Waals surface area contributed by atoms with Crippen LogP contribution in [0.3, 0.4) is 0 Å².